The van der Waals surface area contributed by atoms with Crippen molar-refractivity contribution in [2.24, 2.45) is 4.99 Å². The van der Waals surface area contributed by atoms with Crippen molar-refractivity contribution >= 4 is 29.4 Å². The van der Waals surface area contributed by atoms with Gasteiger partial charge < -0.3 is 19.6 Å². The molecule has 0 aromatic heterocycles. The SMILES string of the molecule is O=C(O)CN(Cc1ccccc1)C(=O)CCCCCOc1cccc2c1CN1CC(=O)NC1=N2. The van der Waals surface area contributed by atoms with E-state index >= 15 is 0 Å². The van der Waals surface area contributed by atoms with Gasteiger partial charge in [-0.05, 0) is 37.0 Å². The second-order valence-electron chi connectivity index (χ2n) is 8.38. The Bertz CT molecular complexity index is 1090. The molecule has 2 aliphatic heterocycles. The summed E-state index contributed by atoms with van der Waals surface area (Å²) in [6.45, 7) is 1.35. The summed E-state index contributed by atoms with van der Waals surface area (Å²) in [7, 11) is 0. The van der Waals surface area contributed by atoms with E-state index in [2.05, 4.69) is 10.3 Å². The van der Waals surface area contributed by atoms with E-state index in [1.165, 1.54) is 4.90 Å². The van der Waals surface area contributed by atoms with Gasteiger partial charge in [-0.2, -0.15) is 0 Å². The summed E-state index contributed by atoms with van der Waals surface area (Å²) in [4.78, 5) is 43.2. The Hall–Kier alpha value is -3.88. The maximum atomic E-state index is 12.6. The molecule has 2 aromatic carbocycles. The molecule has 0 radical (unpaired) electrons. The van der Waals surface area contributed by atoms with Crippen LogP contribution in [0.2, 0.25) is 0 Å². The lowest BCUT2D eigenvalue weighted by molar-refractivity contribution is -0.145. The number of hydrogen-bond acceptors (Lipinski definition) is 6. The molecule has 0 spiro atoms. The first-order valence-corrected chi connectivity index (χ1v) is 11.4. The van der Waals surface area contributed by atoms with E-state index in [4.69, 9.17) is 9.84 Å². The fourth-order valence-corrected chi connectivity index (χ4v) is 4.07. The first kappa shape index (κ1) is 23.3. The lowest BCUT2D eigenvalue weighted by Crippen LogP contribution is -2.35. The van der Waals surface area contributed by atoms with Gasteiger partial charge in [-0.3, -0.25) is 19.7 Å². The number of amides is 2. The zero-order chi connectivity index (χ0) is 23.9. The molecule has 0 unspecified atom stereocenters. The predicted molar refractivity (Wildman–Crippen MR) is 126 cm³/mol. The van der Waals surface area contributed by atoms with E-state index in [-0.39, 0.29) is 24.9 Å². The number of nitrogens with zero attached hydrogens (tertiary/aromatic N) is 3. The highest BCUT2D eigenvalue weighted by Crippen LogP contribution is 2.34. The molecule has 2 aromatic rings. The van der Waals surface area contributed by atoms with Crippen LogP contribution in [0.5, 0.6) is 5.75 Å². The summed E-state index contributed by atoms with van der Waals surface area (Å²) in [5.74, 6) is 0.102. The highest BCUT2D eigenvalue weighted by Gasteiger charge is 2.30. The number of benzene rings is 2. The van der Waals surface area contributed by atoms with Gasteiger partial charge in [0.1, 0.15) is 18.8 Å². The standard InChI is InChI=1S/C25H28N4O5/c30-22-16-29-15-19-20(26-25(29)27-22)10-7-11-21(19)34-13-6-2-5-12-23(31)28(17-24(32)33)14-18-8-3-1-4-9-18/h1,3-4,7-11H,2,5-6,12-17H2,(H,32,33)(H,26,27,30). The number of carbonyl (C=O) groups excluding carboxylic acids is 2. The predicted octanol–water partition coefficient (Wildman–Crippen LogP) is 2.67. The number of unbranched alkanes of at least 4 members (excludes halogenated alkanes) is 2. The maximum Gasteiger partial charge on any atom is 0.323 e. The fraction of sp³-hybridized carbons (Fsp3) is 0.360. The van der Waals surface area contributed by atoms with E-state index in [1.807, 2.05) is 53.4 Å². The van der Waals surface area contributed by atoms with Crippen LogP contribution in [0, 0.1) is 0 Å². The van der Waals surface area contributed by atoms with Crippen LogP contribution in [0.3, 0.4) is 0 Å². The van der Waals surface area contributed by atoms with Gasteiger partial charge >= 0.3 is 5.97 Å². The number of guanidine groups is 1. The van der Waals surface area contributed by atoms with Gasteiger partial charge in [0.05, 0.1) is 18.8 Å². The molecule has 1 fully saturated rings. The van der Waals surface area contributed by atoms with Crippen molar-refractivity contribution in [3.8, 4) is 5.75 Å². The van der Waals surface area contributed by atoms with E-state index in [1.54, 1.807) is 0 Å². The minimum atomic E-state index is -1.02. The third kappa shape index (κ3) is 5.92. The average Bonchev–Trinajstić information content (AvgIpc) is 3.18. The molecular weight excluding hydrogens is 436 g/mol. The average molecular weight is 465 g/mol. The number of carbonyl (C=O) groups is 3. The van der Waals surface area contributed by atoms with Crippen LogP contribution in [0.1, 0.15) is 36.8 Å². The van der Waals surface area contributed by atoms with Crippen LogP contribution in [0.25, 0.3) is 0 Å². The van der Waals surface area contributed by atoms with Crippen LogP contribution >= 0.6 is 0 Å². The van der Waals surface area contributed by atoms with Gasteiger partial charge in [0.15, 0.2) is 0 Å². The van der Waals surface area contributed by atoms with Gasteiger partial charge in [-0.15, -0.1) is 0 Å². The Morgan fingerprint density at radius 3 is 2.68 bits per heavy atom. The molecule has 1 saturated heterocycles. The van der Waals surface area contributed by atoms with Gasteiger partial charge in [-0.1, -0.05) is 36.4 Å². The molecule has 0 bridgehead atoms. The van der Waals surface area contributed by atoms with Crippen molar-refractivity contribution in [2.45, 2.75) is 38.8 Å². The van der Waals surface area contributed by atoms with Crippen LogP contribution in [0.4, 0.5) is 5.69 Å². The Morgan fingerprint density at radius 1 is 1.06 bits per heavy atom. The van der Waals surface area contributed by atoms with Crippen molar-refractivity contribution in [3.63, 3.8) is 0 Å². The van der Waals surface area contributed by atoms with Crippen LogP contribution in [0.15, 0.2) is 53.5 Å². The Kier molecular flexibility index (Phi) is 7.41. The van der Waals surface area contributed by atoms with E-state index in [0.29, 0.717) is 38.5 Å². The second-order valence-corrected chi connectivity index (χ2v) is 8.38. The van der Waals surface area contributed by atoms with Crippen LogP contribution in [-0.2, 0) is 27.5 Å². The number of carboxylic acid groups (broad SMARTS) is 1. The molecule has 34 heavy (non-hydrogen) atoms. The molecule has 9 heteroatoms. The fourth-order valence-electron chi connectivity index (χ4n) is 4.07. The maximum absolute atomic E-state index is 12.6. The summed E-state index contributed by atoms with van der Waals surface area (Å²) >= 11 is 0. The summed E-state index contributed by atoms with van der Waals surface area (Å²) in [6.07, 6.45) is 2.52. The number of aliphatic carboxylic acids is 1. The third-order valence-corrected chi connectivity index (χ3v) is 5.76. The van der Waals surface area contributed by atoms with Crippen molar-refractivity contribution in [3.05, 3.63) is 59.7 Å². The zero-order valence-electron chi connectivity index (χ0n) is 18.9. The number of carboxylic acids is 1. The lowest BCUT2D eigenvalue weighted by atomic mass is 10.1. The largest absolute Gasteiger partial charge is 0.493 e. The Labute approximate surface area is 198 Å². The first-order chi connectivity index (χ1) is 16.5. The molecule has 0 atom stereocenters. The number of fused-ring (bicyclic) bond motifs is 2. The molecular formula is C25H28N4O5. The van der Waals surface area contributed by atoms with E-state index in [0.717, 1.165) is 35.4 Å². The highest BCUT2D eigenvalue weighted by molar-refractivity contribution is 6.05. The Morgan fingerprint density at radius 2 is 1.88 bits per heavy atom. The third-order valence-electron chi connectivity index (χ3n) is 5.76. The summed E-state index contributed by atoms with van der Waals surface area (Å²) in [6, 6.07) is 15.1. The number of rotatable bonds is 11. The summed E-state index contributed by atoms with van der Waals surface area (Å²) in [5, 5.41) is 11.9. The van der Waals surface area contributed by atoms with Crippen LogP contribution in [-0.4, -0.2) is 58.3 Å². The molecule has 4 rings (SSSR count). The topological polar surface area (TPSA) is 112 Å². The molecule has 2 amide bonds. The van der Waals surface area contributed by atoms with E-state index in [9.17, 15) is 14.4 Å². The zero-order valence-corrected chi connectivity index (χ0v) is 18.9. The van der Waals surface area contributed by atoms with Crippen molar-refractivity contribution in [1.82, 2.24) is 15.1 Å². The molecule has 2 heterocycles. The minimum absolute atomic E-state index is 0.0609. The number of ether oxygens (including phenoxy) is 1. The molecule has 0 aliphatic carbocycles. The van der Waals surface area contributed by atoms with Gasteiger partial charge in [0, 0.05) is 18.5 Å². The van der Waals surface area contributed by atoms with Crippen LogP contribution < -0.4 is 10.1 Å². The second kappa shape index (κ2) is 10.8. The van der Waals surface area contributed by atoms with Gasteiger partial charge in [0.25, 0.3) is 0 Å². The molecule has 2 aliphatic rings. The van der Waals surface area contributed by atoms with Crippen molar-refractivity contribution in [2.75, 3.05) is 19.7 Å². The molecule has 0 saturated carbocycles. The van der Waals surface area contributed by atoms with Crippen molar-refractivity contribution in [1.29, 1.82) is 0 Å². The Balaban J connectivity index is 1.22. The highest BCUT2D eigenvalue weighted by atomic mass is 16.5. The minimum Gasteiger partial charge on any atom is -0.493 e. The van der Waals surface area contributed by atoms with E-state index < -0.39 is 5.97 Å². The molecule has 2 N–H and O–H groups in total. The number of hydrogen-bond donors (Lipinski definition) is 2. The van der Waals surface area contributed by atoms with Crippen molar-refractivity contribution < 1.29 is 24.2 Å². The normalized spacial score (nSPS) is 14.1. The smallest absolute Gasteiger partial charge is 0.323 e. The quantitative estimate of drug-likeness (QED) is 0.495. The van der Waals surface area contributed by atoms with Gasteiger partial charge in [-0.25, -0.2) is 4.99 Å². The monoisotopic (exact) mass is 464 g/mol. The lowest BCUT2D eigenvalue weighted by Gasteiger charge is -2.24. The number of aliphatic imine (C=N–C) groups is 1. The summed E-state index contributed by atoms with van der Waals surface area (Å²) in [5.41, 5.74) is 2.67. The van der Waals surface area contributed by atoms with Gasteiger partial charge in [0.2, 0.25) is 17.8 Å². The summed E-state index contributed by atoms with van der Waals surface area (Å²) < 4.78 is 5.99. The first-order valence-electron chi connectivity index (χ1n) is 11.4. The number of nitrogens with one attached hydrogen (secondary N) is 1. The molecule has 9 nitrogen and oxygen atoms in total. The molecule has 178 valence electrons.